The molecule has 0 radical (unpaired) electrons. The average molecular weight is 353 g/mol. The molecule has 0 spiro atoms. The summed E-state index contributed by atoms with van der Waals surface area (Å²) in [6.45, 7) is 2.57. The van der Waals surface area contributed by atoms with E-state index in [9.17, 15) is 4.79 Å². The van der Waals surface area contributed by atoms with Gasteiger partial charge in [-0.1, -0.05) is 53.2 Å². The molecule has 0 atom stereocenters. The van der Waals surface area contributed by atoms with Gasteiger partial charge in [0, 0.05) is 12.1 Å². The Morgan fingerprint density at radius 2 is 1.88 bits per heavy atom. The van der Waals surface area contributed by atoms with Crippen molar-refractivity contribution in [3.05, 3.63) is 71.5 Å². The highest BCUT2D eigenvalue weighted by Gasteiger charge is 2.09. The fourth-order valence-electron chi connectivity index (χ4n) is 2.21. The summed E-state index contributed by atoms with van der Waals surface area (Å²) in [4.78, 5) is 16.2. The summed E-state index contributed by atoms with van der Waals surface area (Å²) in [6, 6.07) is 17.8. The summed E-state index contributed by atoms with van der Waals surface area (Å²) < 4.78 is 5.28. The van der Waals surface area contributed by atoms with Crippen molar-refractivity contribution in [3.63, 3.8) is 0 Å². The number of amides is 1. The summed E-state index contributed by atoms with van der Waals surface area (Å²) in [5.41, 5.74) is 3.16. The third kappa shape index (κ3) is 5.19. The minimum absolute atomic E-state index is 0.00361. The van der Waals surface area contributed by atoms with Crippen molar-refractivity contribution in [2.24, 2.45) is 0 Å². The Morgan fingerprint density at radius 1 is 1.12 bits per heavy atom. The van der Waals surface area contributed by atoms with E-state index >= 15 is 0 Å². The molecule has 0 unspecified atom stereocenters. The van der Waals surface area contributed by atoms with E-state index in [1.807, 2.05) is 61.5 Å². The van der Waals surface area contributed by atoms with Crippen LogP contribution in [0.15, 0.2) is 59.1 Å². The molecule has 3 aromatic rings. The van der Waals surface area contributed by atoms with Gasteiger partial charge in [-0.25, -0.2) is 0 Å². The predicted molar refractivity (Wildman–Crippen MR) is 98.9 cm³/mol. The number of benzene rings is 2. The van der Waals surface area contributed by atoms with Gasteiger partial charge in [-0.3, -0.25) is 4.79 Å². The maximum Gasteiger partial charge on any atom is 0.257 e. The largest absolute Gasteiger partial charge is 0.351 e. The number of carbonyl (C=O) groups excluding carboxylic acids is 1. The lowest BCUT2D eigenvalue weighted by Crippen LogP contribution is -2.24. The first-order chi connectivity index (χ1) is 12.2. The summed E-state index contributed by atoms with van der Waals surface area (Å²) in [6.07, 6.45) is 0. The fraction of sp³-hybridized carbons (Fsp3) is 0.211. The van der Waals surface area contributed by atoms with E-state index in [2.05, 4.69) is 15.5 Å². The summed E-state index contributed by atoms with van der Waals surface area (Å²) >= 11 is 1.46. The van der Waals surface area contributed by atoms with Gasteiger partial charge in [0.1, 0.15) is 0 Å². The number of aromatic nitrogens is 2. The molecule has 2 aromatic carbocycles. The number of aryl methyl sites for hydroxylation is 1. The molecule has 0 aliphatic heterocycles. The zero-order chi connectivity index (χ0) is 17.5. The SMILES string of the molecule is Cc1ccc(-c2nc(CSCC(=O)NCc3ccccc3)no2)cc1. The van der Waals surface area contributed by atoms with E-state index in [-0.39, 0.29) is 5.91 Å². The van der Waals surface area contributed by atoms with Gasteiger partial charge in [-0.2, -0.15) is 4.98 Å². The highest BCUT2D eigenvalue weighted by molar-refractivity contribution is 7.99. The molecular formula is C19H19N3O2S. The Kier molecular flexibility index (Phi) is 5.85. The van der Waals surface area contributed by atoms with Crippen LogP contribution in [0.1, 0.15) is 17.0 Å². The van der Waals surface area contributed by atoms with Gasteiger partial charge in [0.25, 0.3) is 5.89 Å². The van der Waals surface area contributed by atoms with Gasteiger partial charge in [0.2, 0.25) is 5.91 Å². The van der Waals surface area contributed by atoms with Crippen LogP contribution < -0.4 is 5.32 Å². The number of thioether (sulfide) groups is 1. The standard InChI is InChI=1S/C19H19N3O2S/c1-14-7-9-16(10-8-14)19-21-17(22-24-19)12-25-13-18(23)20-11-15-5-3-2-4-6-15/h2-10H,11-13H2,1H3,(H,20,23). The number of hydrogen-bond acceptors (Lipinski definition) is 5. The molecule has 0 bridgehead atoms. The van der Waals surface area contributed by atoms with Crippen LogP contribution in [0.5, 0.6) is 0 Å². The van der Waals surface area contributed by atoms with E-state index in [1.54, 1.807) is 0 Å². The third-order valence-electron chi connectivity index (χ3n) is 3.56. The molecule has 1 N–H and O–H groups in total. The number of rotatable bonds is 7. The maximum absolute atomic E-state index is 11.9. The molecule has 5 nitrogen and oxygen atoms in total. The Morgan fingerprint density at radius 3 is 2.64 bits per heavy atom. The monoisotopic (exact) mass is 353 g/mol. The zero-order valence-electron chi connectivity index (χ0n) is 13.9. The van der Waals surface area contributed by atoms with Crippen molar-refractivity contribution < 1.29 is 9.32 Å². The van der Waals surface area contributed by atoms with Crippen molar-refractivity contribution >= 4 is 17.7 Å². The second kappa shape index (κ2) is 8.48. The first kappa shape index (κ1) is 17.2. The molecule has 25 heavy (non-hydrogen) atoms. The Hall–Kier alpha value is -2.60. The Labute approximate surface area is 150 Å². The fourth-order valence-corrected chi connectivity index (χ4v) is 2.90. The van der Waals surface area contributed by atoms with E-state index in [0.29, 0.717) is 29.8 Å². The topological polar surface area (TPSA) is 68.0 Å². The van der Waals surface area contributed by atoms with Gasteiger partial charge in [0.15, 0.2) is 5.82 Å². The predicted octanol–water partition coefficient (Wildman–Crippen LogP) is 3.59. The Balaban J connectivity index is 1.43. The van der Waals surface area contributed by atoms with Crippen molar-refractivity contribution in [3.8, 4) is 11.5 Å². The molecule has 128 valence electrons. The highest BCUT2D eigenvalue weighted by atomic mass is 32.2. The summed E-state index contributed by atoms with van der Waals surface area (Å²) in [7, 11) is 0. The van der Waals surface area contributed by atoms with E-state index in [0.717, 1.165) is 11.1 Å². The molecule has 1 aromatic heterocycles. The highest BCUT2D eigenvalue weighted by Crippen LogP contribution is 2.19. The van der Waals surface area contributed by atoms with Crippen LogP contribution in [-0.2, 0) is 17.1 Å². The molecule has 3 rings (SSSR count). The van der Waals surface area contributed by atoms with Crippen LogP contribution in [0, 0.1) is 6.92 Å². The van der Waals surface area contributed by atoms with Crippen LogP contribution >= 0.6 is 11.8 Å². The van der Waals surface area contributed by atoms with Crippen molar-refractivity contribution in [1.82, 2.24) is 15.5 Å². The maximum atomic E-state index is 11.9. The second-order valence-electron chi connectivity index (χ2n) is 5.64. The molecule has 6 heteroatoms. The van der Waals surface area contributed by atoms with E-state index in [1.165, 1.54) is 17.3 Å². The molecule has 0 saturated heterocycles. The average Bonchev–Trinajstić information content (AvgIpc) is 3.10. The van der Waals surface area contributed by atoms with Crippen molar-refractivity contribution in [2.75, 3.05) is 5.75 Å². The molecular weight excluding hydrogens is 334 g/mol. The van der Waals surface area contributed by atoms with Crippen LogP contribution in [0.3, 0.4) is 0 Å². The summed E-state index contributed by atoms with van der Waals surface area (Å²) in [5.74, 6) is 1.99. The normalized spacial score (nSPS) is 10.6. The molecule has 1 amide bonds. The van der Waals surface area contributed by atoms with Crippen LogP contribution in [0.2, 0.25) is 0 Å². The number of hydrogen-bond donors (Lipinski definition) is 1. The first-order valence-corrected chi connectivity index (χ1v) is 9.14. The van der Waals surface area contributed by atoms with E-state index in [4.69, 9.17) is 4.52 Å². The van der Waals surface area contributed by atoms with Gasteiger partial charge >= 0.3 is 0 Å². The molecule has 1 heterocycles. The number of nitrogens with one attached hydrogen (secondary N) is 1. The number of nitrogens with zero attached hydrogens (tertiary/aromatic N) is 2. The summed E-state index contributed by atoms with van der Waals surface area (Å²) in [5, 5.41) is 6.86. The lowest BCUT2D eigenvalue weighted by atomic mass is 10.1. The lowest BCUT2D eigenvalue weighted by molar-refractivity contribution is -0.118. The molecule has 0 aliphatic carbocycles. The lowest BCUT2D eigenvalue weighted by Gasteiger charge is -2.04. The van der Waals surface area contributed by atoms with Gasteiger partial charge in [-0.05, 0) is 24.6 Å². The Bertz CT molecular complexity index is 816. The van der Waals surface area contributed by atoms with Gasteiger partial charge < -0.3 is 9.84 Å². The molecule has 0 saturated carbocycles. The van der Waals surface area contributed by atoms with E-state index < -0.39 is 0 Å². The second-order valence-corrected chi connectivity index (χ2v) is 6.62. The quantitative estimate of drug-likeness (QED) is 0.703. The molecule has 0 aliphatic rings. The zero-order valence-corrected chi connectivity index (χ0v) is 14.8. The van der Waals surface area contributed by atoms with Crippen LogP contribution in [-0.4, -0.2) is 21.8 Å². The number of carbonyl (C=O) groups is 1. The van der Waals surface area contributed by atoms with Crippen molar-refractivity contribution in [2.45, 2.75) is 19.2 Å². The minimum atomic E-state index is -0.00361. The van der Waals surface area contributed by atoms with Gasteiger partial charge in [0.05, 0.1) is 11.5 Å². The minimum Gasteiger partial charge on any atom is -0.351 e. The van der Waals surface area contributed by atoms with Crippen molar-refractivity contribution in [1.29, 1.82) is 0 Å². The van der Waals surface area contributed by atoms with Gasteiger partial charge in [-0.15, -0.1) is 11.8 Å². The first-order valence-electron chi connectivity index (χ1n) is 7.99. The van der Waals surface area contributed by atoms with Crippen LogP contribution in [0.25, 0.3) is 11.5 Å². The molecule has 0 fully saturated rings. The third-order valence-corrected chi connectivity index (χ3v) is 4.49. The smallest absolute Gasteiger partial charge is 0.257 e. The van der Waals surface area contributed by atoms with Crippen LogP contribution in [0.4, 0.5) is 0 Å².